The minimum absolute atomic E-state index is 0.0722. The van der Waals surface area contributed by atoms with Gasteiger partial charge < -0.3 is 59.6 Å². The maximum Gasteiger partial charge on any atom is 0.332 e. The molecule has 2 aliphatic heterocycles. The molecular formula is C38H66INO13. The smallest absolute Gasteiger partial charge is 0.332 e. The standard InChI is InChI=1S/C38H66INO13/c1-6-9-15-38(39,8-3)24-17-23(7-2)33(53-37-32(46)31(45)29(43)20(4)49-37)25(18-24)51-36-28(40-21(5)42)34(30(44)27(19-41)52-36)50-26(35(47)48)16-22-13-11-10-12-14-22/h20,22-34,36-37,41,43-46H,6-19H2,1-5H3,(H,40,42)(H,47,48)/t20?,23?,24?,25-,26+,27?,28?,29-,30+,31?,32?,33-,34?,36-,37+,38?/m1/s1. The largest absolute Gasteiger partial charge is 0.479 e. The van der Waals surface area contributed by atoms with E-state index < -0.39 is 98.1 Å². The molecule has 53 heavy (non-hydrogen) atoms. The summed E-state index contributed by atoms with van der Waals surface area (Å²) in [4.78, 5) is 25.3. The number of hydrogen-bond acceptors (Lipinski definition) is 12. The number of rotatable bonds is 17. The summed E-state index contributed by atoms with van der Waals surface area (Å²) in [5, 5.41) is 66.8. The predicted molar refractivity (Wildman–Crippen MR) is 202 cm³/mol. The summed E-state index contributed by atoms with van der Waals surface area (Å²) in [7, 11) is 0. The summed E-state index contributed by atoms with van der Waals surface area (Å²) in [6.07, 6.45) is -3.37. The lowest BCUT2D eigenvalue weighted by molar-refractivity contribution is -0.339. The molecule has 1 amide bonds. The van der Waals surface area contributed by atoms with Crippen LogP contribution in [0.2, 0.25) is 0 Å². The Hall–Kier alpha value is -0.730. The number of unbranched alkanes of at least 4 members (excludes halogenated alkanes) is 1. The molecule has 0 radical (unpaired) electrons. The molecule has 2 saturated heterocycles. The first kappa shape index (κ1) is 45.0. The fourth-order valence-corrected chi connectivity index (χ4v) is 9.81. The Morgan fingerprint density at radius 2 is 1.62 bits per heavy atom. The molecule has 16 atom stereocenters. The lowest BCUT2D eigenvalue weighted by atomic mass is 9.69. The number of hydrogen-bond donors (Lipinski definition) is 7. The summed E-state index contributed by atoms with van der Waals surface area (Å²) in [6.45, 7) is 8.66. The van der Waals surface area contributed by atoms with Crippen molar-refractivity contribution in [2.75, 3.05) is 6.61 Å². The third kappa shape index (κ3) is 11.2. The number of alkyl halides is 1. The van der Waals surface area contributed by atoms with Gasteiger partial charge in [0.1, 0.15) is 42.7 Å². The molecule has 4 rings (SSSR count). The summed E-state index contributed by atoms with van der Waals surface area (Å²) in [6, 6.07) is -1.16. The Morgan fingerprint density at radius 1 is 0.925 bits per heavy atom. The molecule has 0 aromatic carbocycles. The number of carbonyl (C=O) groups is 2. The van der Waals surface area contributed by atoms with E-state index in [1.807, 2.05) is 6.92 Å². The van der Waals surface area contributed by atoms with Crippen molar-refractivity contribution in [1.82, 2.24) is 5.32 Å². The van der Waals surface area contributed by atoms with E-state index in [-0.39, 0.29) is 27.6 Å². The topological polar surface area (TPSA) is 214 Å². The molecule has 4 fully saturated rings. The van der Waals surface area contributed by atoms with Crippen LogP contribution in [0, 0.1) is 17.8 Å². The van der Waals surface area contributed by atoms with Crippen molar-refractivity contribution in [3.05, 3.63) is 0 Å². The molecule has 0 bridgehead atoms. The number of ether oxygens (including phenoxy) is 5. The van der Waals surface area contributed by atoms with Gasteiger partial charge in [0.05, 0.1) is 24.9 Å². The highest BCUT2D eigenvalue weighted by Crippen LogP contribution is 2.49. The van der Waals surface area contributed by atoms with Gasteiger partial charge in [0, 0.05) is 10.3 Å². The molecule has 0 aromatic rings. The number of aliphatic hydroxyl groups is 5. The first-order valence-electron chi connectivity index (χ1n) is 20.0. The van der Waals surface area contributed by atoms with Gasteiger partial charge in [0.15, 0.2) is 18.7 Å². The molecule has 4 aliphatic rings. The van der Waals surface area contributed by atoms with Gasteiger partial charge in [-0.2, -0.15) is 0 Å². The molecule has 9 unspecified atom stereocenters. The van der Waals surface area contributed by atoms with Crippen LogP contribution < -0.4 is 5.32 Å². The van der Waals surface area contributed by atoms with E-state index in [1.165, 1.54) is 6.92 Å². The van der Waals surface area contributed by atoms with Crippen LogP contribution in [0.4, 0.5) is 0 Å². The highest BCUT2D eigenvalue weighted by atomic mass is 127. The monoisotopic (exact) mass is 871 g/mol. The second kappa shape index (κ2) is 20.6. The number of carboxylic acid groups (broad SMARTS) is 1. The summed E-state index contributed by atoms with van der Waals surface area (Å²) >= 11 is 2.59. The molecule has 308 valence electrons. The fourth-order valence-electron chi connectivity index (χ4n) is 8.92. The fraction of sp³-hybridized carbons (Fsp3) is 0.947. The van der Waals surface area contributed by atoms with Gasteiger partial charge in [-0.15, -0.1) is 0 Å². The van der Waals surface area contributed by atoms with Gasteiger partial charge in [-0.25, -0.2) is 4.79 Å². The normalized spacial score (nSPS) is 40.3. The summed E-state index contributed by atoms with van der Waals surface area (Å²) < 4.78 is 31.6. The average Bonchev–Trinajstić information content (AvgIpc) is 3.14. The first-order valence-corrected chi connectivity index (χ1v) is 21.0. The molecule has 0 aromatic heterocycles. The molecule has 2 aliphatic carbocycles. The quantitative estimate of drug-likeness (QED) is 0.0828. The minimum atomic E-state index is -1.54. The van der Waals surface area contributed by atoms with Crippen molar-refractivity contribution in [1.29, 1.82) is 0 Å². The third-order valence-electron chi connectivity index (χ3n) is 12.2. The van der Waals surface area contributed by atoms with E-state index in [9.17, 15) is 40.2 Å². The van der Waals surface area contributed by atoms with Gasteiger partial charge in [-0.05, 0) is 56.8 Å². The second-order valence-corrected chi connectivity index (χ2v) is 18.0. The lowest BCUT2D eigenvalue weighted by Gasteiger charge is -2.51. The van der Waals surface area contributed by atoms with Gasteiger partial charge >= 0.3 is 5.97 Å². The van der Waals surface area contributed by atoms with Crippen LogP contribution in [0.15, 0.2) is 0 Å². The van der Waals surface area contributed by atoms with Gasteiger partial charge in [-0.1, -0.05) is 94.7 Å². The van der Waals surface area contributed by atoms with Crippen molar-refractivity contribution < 1.29 is 63.9 Å². The van der Waals surface area contributed by atoms with E-state index in [4.69, 9.17) is 23.7 Å². The first-order chi connectivity index (χ1) is 25.2. The van der Waals surface area contributed by atoms with Crippen LogP contribution in [0.3, 0.4) is 0 Å². The average molecular weight is 872 g/mol. The van der Waals surface area contributed by atoms with E-state index >= 15 is 0 Å². The van der Waals surface area contributed by atoms with Crippen LogP contribution in [0.25, 0.3) is 0 Å². The maximum absolute atomic E-state index is 12.7. The minimum Gasteiger partial charge on any atom is -0.479 e. The molecular weight excluding hydrogens is 805 g/mol. The zero-order chi connectivity index (χ0) is 39.0. The Morgan fingerprint density at radius 3 is 2.21 bits per heavy atom. The van der Waals surface area contributed by atoms with Crippen LogP contribution in [-0.4, -0.2) is 132 Å². The van der Waals surface area contributed by atoms with E-state index in [0.29, 0.717) is 12.8 Å². The highest BCUT2D eigenvalue weighted by Gasteiger charge is 2.53. The van der Waals surface area contributed by atoms with Gasteiger partial charge in [0.25, 0.3) is 0 Å². The molecule has 15 heteroatoms. The predicted octanol–water partition coefficient (Wildman–Crippen LogP) is 3.19. The van der Waals surface area contributed by atoms with Crippen molar-refractivity contribution in [3.63, 3.8) is 0 Å². The van der Waals surface area contributed by atoms with Crippen LogP contribution in [0.1, 0.15) is 118 Å². The Bertz CT molecular complexity index is 1150. The number of nitrogens with one attached hydrogen (secondary N) is 1. The van der Waals surface area contributed by atoms with E-state index in [2.05, 4.69) is 41.8 Å². The Balaban J connectivity index is 1.70. The Labute approximate surface area is 328 Å². The number of amides is 1. The molecule has 2 saturated carbocycles. The van der Waals surface area contributed by atoms with Gasteiger partial charge in [0.2, 0.25) is 5.91 Å². The molecule has 7 N–H and O–H groups in total. The number of halogens is 1. The number of aliphatic hydroxyl groups excluding tert-OH is 5. The SMILES string of the molecule is CCCCC(I)(CC)C1CC(CC)[C@@H](O[C@@H]2OC(C)[C@@H](O)C(O)C2O)[C@H](O[C@@H]2OC(CO)[C@H](O)C(O[C@@H](CC3CCCCC3)C(=O)O)C2NC(C)=O)C1. The van der Waals surface area contributed by atoms with Gasteiger partial charge in [-0.3, -0.25) is 4.79 Å². The molecule has 14 nitrogen and oxygen atoms in total. The van der Waals surface area contributed by atoms with Crippen LogP contribution in [-0.2, 0) is 33.3 Å². The van der Waals surface area contributed by atoms with Crippen molar-refractivity contribution in [2.45, 2.75) is 201 Å². The van der Waals surface area contributed by atoms with Crippen LogP contribution in [0.5, 0.6) is 0 Å². The molecule has 0 spiro atoms. The lowest BCUT2D eigenvalue weighted by Crippen LogP contribution is -2.67. The third-order valence-corrected chi connectivity index (χ3v) is 14.4. The van der Waals surface area contributed by atoms with Crippen molar-refractivity contribution in [2.24, 2.45) is 17.8 Å². The number of carbonyl (C=O) groups excluding carboxylic acids is 1. The van der Waals surface area contributed by atoms with E-state index in [1.54, 1.807) is 6.92 Å². The number of aliphatic carboxylic acids is 1. The van der Waals surface area contributed by atoms with Crippen molar-refractivity contribution in [3.8, 4) is 0 Å². The maximum atomic E-state index is 12.7. The summed E-state index contributed by atoms with van der Waals surface area (Å²) in [5.41, 5.74) is 0. The van der Waals surface area contributed by atoms with E-state index in [0.717, 1.165) is 64.2 Å². The zero-order valence-electron chi connectivity index (χ0n) is 32.1. The second-order valence-electron chi connectivity index (χ2n) is 15.9. The highest BCUT2D eigenvalue weighted by molar-refractivity contribution is 14.1. The Kier molecular flexibility index (Phi) is 17.5. The summed E-state index contributed by atoms with van der Waals surface area (Å²) in [5.74, 6) is -1.45. The van der Waals surface area contributed by atoms with Crippen molar-refractivity contribution >= 4 is 34.5 Å². The number of carboxylic acids is 1. The van der Waals surface area contributed by atoms with Crippen LogP contribution >= 0.6 is 22.6 Å². The molecule has 2 heterocycles. The zero-order valence-corrected chi connectivity index (χ0v) is 34.2.